The number of carbonyl (C=O) groups is 2. The number of anilines is 1. The van der Waals surface area contributed by atoms with Gasteiger partial charge in [0.05, 0.1) is 19.3 Å². The summed E-state index contributed by atoms with van der Waals surface area (Å²) in [4.78, 5) is 28.9. The quantitative estimate of drug-likeness (QED) is 0.746. The molecule has 27 heavy (non-hydrogen) atoms. The fourth-order valence-corrected chi connectivity index (χ4v) is 3.90. The monoisotopic (exact) mass is 407 g/mol. The number of benzene rings is 1. The molecule has 1 aromatic heterocycles. The maximum Gasteiger partial charge on any atom is 0.350 e. The Morgan fingerprint density at radius 3 is 2.44 bits per heavy atom. The van der Waals surface area contributed by atoms with Crippen molar-refractivity contribution in [3.05, 3.63) is 51.2 Å². The molecular weight excluding hydrogens is 386 g/mol. The van der Waals surface area contributed by atoms with Crippen LogP contribution < -0.4 is 5.32 Å². The summed E-state index contributed by atoms with van der Waals surface area (Å²) in [6.07, 6.45) is 0. The van der Waals surface area contributed by atoms with Gasteiger partial charge in [-0.2, -0.15) is 0 Å². The zero-order chi connectivity index (χ0) is 19.2. The summed E-state index contributed by atoms with van der Waals surface area (Å²) < 4.78 is 4.73. The Morgan fingerprint density at radius 2 is 1.78 bits per heavy atom. The molecule has 1 aromatic carbocycles. The largest absolute Gasteiger partial charge is 0.465 e. The van der Waals surface area contributed by atoms with Crippen LogP contribution in [0.1, 0.15) is 15.2 Å². The molecule has 1 fully saturated rings. The van der Waals surface area contributed by atoms with E-state index in [-0.39, 0.29) is 5.91 Å². The minimum atomic E-state index is -0.434. The van der Waals surface area contributed by atoms with E-state index in [4.69, 9.17) is 16.3 Å². The molecule has 0 unspecified atom stereocenters. The van der Waals surface area contributed by atoms with E-state index < -0.39 is 5.97 Å². The lowest BCUT2D eigenvalue weighted by Crippen LogP contribution is -2.48. The van der Waals surface area contributed by atoms with Crippen LogP contribution in [-0.4, -0.2) is 61.5 Å². The molecule has 2 aromatic rings. The first kappa shape index (κ1) is 19.8. The Hall–Kier alpha value is -1.93. The normalized spacial score (nSPS) is 15.5. The van der Waals surface area contributed by atoms with Gasteiger partial charge in [-0.05, 0) is 29.1 Å². The topological polar surface area (TPSA) is 61.9 Å². The first-order valence-corrected chi connectivity index (χ1v) is 9.95. The molecule has 144 valence electrons. The maximum atomic E-state index is 12.3. The number of nitrogens with one attached hydrogen (secondary N) is 1. The van der Waals surface area contributed by atoms with Crippen molar-refractivity contribution in [1.29, 1.82) is 0 Å². The van der Waals surface area contributed by atoms with Gasteiger partial charge in [-0.3, -0.25) is 14.6 Å². The smallest absolute Gasteiger partial charge is 0.350 e. The summed E-state index contributed by atoms with van der Waals surface area (Å²) in [6.45, 7) is 4.66. The van der Waals surface area contributed by atoms with Crippen LogP contribution in [-0.2, 0) is 16.1 Å². The van der Waals surface area contributed by atoms with Gasteiger partial charge in [0.15, 0.2) is 0 Å². The summed E-state index contributed by atoms with van der Waals surface area (Å²) >= 11 is 7.18. The van der Waals surface area contributed by atoms with Crippen LogP contribution in [0.2, 0.25) is 5.02 Å². The highest BCUT2D eigenvalue weighted by Crippen LogP contribution is 2.23. The second kappa shape index (κ2) is 9.32. The zero-order valence-electron chi connectivity index (χ0n) is 15.1. The number of ether oxygens (including phenoxy) is 1. The molecule has 0 atom stereocenters. The number of halogens is 1. The summed E-state index contributed by atoms with van der Waals surface area (Å²) in [5.41, 5.74) is 1.75. The van der Waals surface area contributed by atoms with Gasteiger partial charge in [-0.25, -0.2) is 4.79 Å². The number of methoxy groups -OCH3 is 1. The number of rotatable bonds is 6. The van der Waals surface area contributed by atoms with Crippen molar-refractivity contribution < 1.29 is 14.3 Å². The lowest BCUT2D eigenvalue weighted by Gasteiger charge is -2.34. The lowest BCUT2D eigenvalue weighted by atomic mass is 10.2. The Bertz CT molecular complexity index is 786. The molecule has 8 heteroatoms. The number of amides is 1. The molecule has 0 bridgehead atoms. The summed E-state index contributed by atoms with van der Waals surface area (Å²) in [7, 11) is 1.33. The minimum absolute atomic E-state index is 0.121. The Kier molecular flexibility index (Phi) is 6.84. The fraction of sp³-hybridized carbons (Fsp3) is 0.368. The second-order valence-electron chi connectivity index (χ2n) is 6.38. The fourth-order valence-electron chi connectivity index (χ4n) is 3.00. The SMILES string of the molecule is COC(=O)c1sccc1NC(=O)CN1CCN(Cc2ccc(Cl)cc2)CC1. The first-order valence-electron chi connectivity index (χ1n) is 8.70. The zero-order valence-corrected chi connectivity index (χ0v) is 16.7. The van der Waals surface area contributed by atoms with Gasteiger partial charge in [-0.15, -0.1) is 11.3 Å². The number of hydrogen-bond acceptors (Lipinski definition) is 6. The average molecular weight is 408 g/mol. The van der Waals surface area contributed by atoms with Gasteiger partial charge in [-0.1, -0.05) is 23.7 Å². The van der Waals surface area contributed by atoms with Crippen molar-refractivity contribution >= 4 is 40.5 Å². The minimum Gasteiger partial charge on any atom is -0.465 e. The maximum absolute atomic E-state index is 12.3. The highest BCUT2D eigenvalue weighted by atomic mass is 35.5. The van der Waals surface area contributed by atoms with E-state index in [0.29, 0.717) is 17.1 Å². The van der Waals surface area contributed by atoms with E-state index >= 15 is 0 Å². The van der Waals surface area contributed by atoms with Gasteiger partial charge < -0.3 is 10.1 Å². The highest BCUT2D eigenvalue weighted by molar-refractivity contribution is 7.12. The number of piperazine rings is 1. The molecule has 2 heterocycles. The molecule has 1 aliphatic rings. The van der Waals surface area contributed by atoms with Gasteiger partial charge >= 0.3 is 5.97 Å². The van der Waals surface area contributed by atoms with Crippen LogP contribution in [0.5, 0.6) is 0 Å². The van der Waals surface area contributed by atoms with Crippen LogP contribution >= 0.6 is 22.9 Å². The number of nitrogens with zero attached hydrogens (tertiary/aromatic N) is 2. The van der Waals surface area contributed by atoms with Crippen molar-refractivity contribution in [2.24, 2.45) is 0 Å². The van der Waals surface area contributed by atoms with Gasteiger partial charge in [0.2, 0.25) is 5.91 Å². The van der Waals surface area contributed by atoms with E-state index in [2.05, 4.69) is 15.1 Å². The molecule has 3 rings (SSSR count). The van der Waals surface area contributed by atoms with E-state index in [1.807, 2.05) is 24.3 Å². The average Bonchev–Trinajstić information content (AvgIpc) is 3.12. The van der Waals surface area contributed by atoms with Crippen molar-refractivity contribution in [2.45, 2.75) is 6.54 Å². The predicted molar refractivity (Wildman–Crippen MR) is 107 cm³/mol. The highest BCUT2D eigenvalue weighted by Gasteiger charge is 2.21. The Morgan fingerprint density at radius 1 is 1.11 bits per heavy atom. The van der Waals surface area contributed by atoms with Gasteiger partial charge in [0.25, 0.3) is 0 Å². The van der Waals surface area contributed by atoms with Crippen LogP contribution in [0.3, 0.4) is 0 Å². The summed E-state index contributed by atoms with van der Waals surface area (Å²) in [5, 5.41) is 5.32. The number of carbonyl (C=O) groups excluding carboxylic acids is 2. The van der Waals surface area contributed by atoms with Crippen LogP contribution in [0, 0.1) is 0 Å². The number of esters is 1. The summed E-state index contributed by atoms with van der Waals surface area (Å²) in [6, 6.07) is 9.62. The van der Waals surface area contributed by atoms with Crippen LogP contribution in [0.15, 0.2) is 35.7 Å². The number of hydrogen-bond donors (Lipinski definition) is 1. The third-order valence-electron chi connectivity index (χ3n) is 4.46. The standard InChI is InChI=1S/C19H22ClN3O3S/c1-26-19(25)18-16(6-11-27-18)21-17(24)13-23-9-7-22(8-10-23)12-14-2-4-15(20)5-3-14/h2-6,11H,7-10,12-13H2,1H3,(H,21,24). The molecule has 1 saturated heterocycles. The molecule has 0 saturated carbocycles. The third kappa shape index (κ3) is 5.52. The van der Waals surface area contributed by atoms with Crippen molar-refractivity contribution in [1.82, 2.24) is 9.80 Å². The van der Waals surface area contributed by atoms with Crippen LogP contribution in [0.25, 0.3) is 0 Å². The molecule has 1 amide bonds. The van der Waals surface area contributed by atoms with Gasteiger partial charge in [0, 0.05) is 37.7 Å². The lowest BCUT2D eigenvalue weighted by molar-refractivity contribution is -0.117. The summed E-state index contributed by atoms with van der Waals surface area (Å²) in [5.74, 6) is -0.555. The molecular formula is C19H22ClN3O3S. The molecule has 1 N–H and O–H groups in total. The molecule has 0 radical (unpaired) electrons. The van der Waals surface area contributed by atoms with E-state index in [9.17, 15) is 9.59 Å². The second-order valence-corrected chi connectivity index (χ2v) is 7.73. The molecule has 1 aliphatic heterocycles. The molecule has 6 nitrogen and oxygen atoms in total. The van der Waals surface area contributed by atoms with E-state index in [1.54, 1.807) is 11.4 Å². The first-order chi connectivity index (χ1) is 13.0. The predicted octanol–water partition coefficient (Wildman–Crippen LogP) is 2.94. The van der Waals surface area contributed by atoms with Crippen molar-refractivity contribution in [3.8, 4) is 0 Å². The van der Waals surface area contributed by atoms with E-state index in [1.165, 1.54) is 24.0 Å². The third-order valence-corrected chi connectivity index (χ3v) is 5.61. The van der Waals surface area contributed by atoms with Crippen molar-refractivity contribution in [3.63, 3.8) is 0 Å². The van der Waals surface area contributed by atoms with Crippen LogP contribution in [0.4, 0.5) is 5.69 Å². The molecule has 0 spiro atoms. The molecule has 0 aliphatic carbocycles. The number of thiophene rings is 1. The van der Waals surface area contributed by atoms with Crippen molar-refractivity contribution in [2.75, 3.05) is 45.2 Å². The Labute approximate surface area is 167 Å². The Balaban J connectivity index is 1.45. The van der Waals surface area contributed by atoms with E-state index in [0.717, 1.165) is 37.7 Å². The van der Waals surface area contributed by atoms with Gasteiger partial charge in [0.1, 0.15) is 4.88 Å².